The average Bonchev–Trinajstić information content (AvgIpc) is 2.11. The second-order valence-electron chi connectivity index (χ2n) is 1.71. The van der Waals surface area contributed by atoms with Crippen LogP contribution in [0.25, 0.3) is 0 Å². The molecule has 2 nitrogen and oxygen atoms in total. The fourth-order valence-corrected chi connectivity index (χ4v) is 0.644. The maximum Gasteiger partial charge on any atom is 0.122 e. The van der Waals surface area contributed by atoms with Crippen LogP contribution in [0.1, 0.15) is 0 Å². The summed E-state index contributed by atoms with van der Waals surface area (Å²) < 4.78 is 0.980. The Labute approximate surface area is 118 Å². The van der Waals surface area contributed by atoms with Crippen LogP contribution in [0.2, 0.25) is 0 Å². The van der Waals surface area contributed by atoms with E-state index in [4.69, 9.17) is 46.4 Å². The fraction of sp³-hybridized carbons (Fsp3) is 0. The van der Waals surface area contributed by atoms with Crippen LogP contribution in [0.4, 0.5) is 0 Å². The van der Waals surface area contributed by atoms with E-state index in [2.05, 4.69) is 42.1 Å². The minimum atomic E-state index is 0.0638. The van der Waals surface area contributed by atoms with E-state index in [1.165, 1.54) is 12.4 Å². The van der Waals surface area contributed by atoms with Crippen LogP contribution in [-0.4, -0.2) is 12.4 Å². The summed E-state index contributed by atoms with van der Waals surface area (Å²) in [5, 5.41) is 7.21. The van der Waals surface area contributed by atoms with Crippen LogP contribution < -0.4 is 0 Å². The Balaban J connectivity index is 4.34. The van der Waals surface area contributed by atoms with Gasteiger partial charge in [0.15, 0.2) is 0 Å². The second-order valence-corrected chi connectivity index (χ2v) is 5.31. The van der Waals surface area contributed by atoms with Gasteiger partial charge in [-0.25, -0.2) is 0 Å². The quantitative estimate of drug-likeness (QED) is 0.461. The van der Waals surface area contributed by atoms with Gasteiger partial charge in [0.25, 0.3) is 0 Å². The molecule has 0 heterocycles. The lowest BCUT2D eigenvalue weighted by molar-refractivity contribution is 1.27. The van der Waals surface area contributed by atoms with Crippen molar-refractivity contribution in [2.45, 2.75) is 0 Å². The molecule has 0 saturated heterocycles. The van der Waals surface area contributed by atoms with Crippen LogP contribution in [-0.2, 0) is 0 Å². The fourth-order valence-electron chi connectivity index (χ4n) is 0.266. The van der Waals surface area contributed by atoms with Crippen LogP contribution in [0, 0.1) is 0 Å². The van der Waals surface area contributed by atoms with E-state index in [1.54, 1.807) is 0 Å². The molecule has 0 saturated carbocycles. The van der Waals surface area contributed by atoms with Crippen molar-refractivity contribution >= 4 is 90.7 Å². The van der Waals surface area contributed by atoms with Gasteiger partial charge in [0.2, 0.25) is 0 Å². The van der Waals surface area contributed by atoms with Crippen molar-refractivity contribution in [3.63, 3.8) is 0 Å². The molecule has 0 amide bonds. The minimum absolute atomic E-state index is 0.0638. The van der Waals surface area contributed by atoms with Gasteiger partial charge in [0.05, 0.1) is 21.4 Å². The summed E-state index contributed by atoms with van der Waals surface area (Å²) in [5.74, 6) is 0. The standard InChI is InChI=1S/C6H2Br2Cl4N2/c7-3(5(9)10)1-13-14-2-4(8)6(11)12/h1-2H/b13-1-,14-2-. The van der Waals surface area contributed by atoms with Crippen LogP contribution in [0.5, 0.6) is 0 Å². The molecule has 0 rings (SSSR count). The predicted octanol–water partition coefficient (Wildman–Crippen LogP) is 5.13. The van der Waals surface area contributed by atoms with Crippen molar-refractivity contribution in [1.82, 2.24) is 0 Å². The van der Waals surface area contributed by atoms with Crippen molar-refractivity contribution in [2.75, 3.05) is 0 Å². The van der Waals surface area contributed by atoms with E-state index in [0.717, 1.165) is 0 Å². The van der Waals surface area contributed by atoms with Gasteiger partial charge in [-0.05, 0) is 31.9 Å². The summed E-state index contributed by atoms with van der Waals surface area (Å²) in [5.41, 5.74) is 0. The van der Waals surface area contributed by atoms with Gasteiger partial charge < -0.3 is 0 Å². The number of rotatable bonds is 3. The van der Waals surface area contributed by atoms with Crippen molar-refractivity contribution in [1.29, 1.82) is 0 Å². The molecule has 0 aliphatic heterocycles. The summed E-state index contributed by atoms with van der Waals surface area (Å²) in [6, 6.07) is 0. The van der Waals surface area contributed by atoms with Crippen LogP contribution in [0.3, 0.4) is 0 Å². The maximum atomic E-state index is 5.41. The molecule has 0 unspecified atom stereocenters. The molecule has 0 spiro atoms. The number of hydrogen-bond donors (Lipinski definition) is 0. The lowest BCUT2D eigenvalue weighted by Crippen LogP contribution is -1.75. The maximum absolute atomic E-state index is 5.41. The Morgan fingerprint density at radius 1 is 0.786 bits per heavy atom. The SMILES string of the molecule is ClC(Cl)=C(Br)/C=N\N=C/C(Br)=C(Cl)Cl. The minimum Gasteiger partial charge on any atom is -0.158 e. The highest BCUT2D eigenvalue weighted by atomic mass is 79.9. The van der Waals surface area contributed by atoms with E-state index in [-0.39, 0.29) is 8.98 Å². The zero-order valence-electron chi connectivity index (χ0n) is 6.32. The molecule has 0 aliphatic carbocycles. The molecule has 8 heteroatoms. The average molecular weight is 404 g/mol. The van der Waals surface area contributed by atoms with E-state index in [0.29, 0.717) is 8.96 Å². The van der Waals surface area contributed by atoms with Crippen molar-refractivity contribution < 1.29 is 0 Å². The van der Waals surface area contributed by atoms with E-state index >= 15 is 0 Å². The highest BCUT2D eigenvalue weighted by Gasteiger charge is 1.93. The Bertz CT molecular complexity index is 282. The van der Waals surface area contributed by atoms with Crippen molar-refractivity contribution in [2.24, 2.45) is 10.2 Å². The van der Waals surface area contributed by atoms with Gasteiger partial charge in [0, 0.05) is 0 Å². The molecule has 0 N–H and O–H groups in total. The van der Waals surface area contributed by atoms with Crippen LogP contribution in [0.15, 0.2) is 28.2 Å². The molecule has 78 valence electrons. The lowest BCUT2D eigenvalue weighted by atomic mass is 10.7. The first-order valence-corrected chi connectivity index (χ1v) is 6.03. The molecule has 0 aromatic carbocycles. The third-order valence-corrected chi connectivity index (χ3v) is 3.70. The Morgan fingerprint density at radius 2 is 1.07 bits per heavy atom. The second kappa shape index (κ2) is 8.13. The van der Waals surface area contributed by atoms with Crippen molar-refractivity contribution in [3.05, 3.63) is 17.9 Å². The summed E-state index contributed by atoms with van der Waals surface area (Å²) in [6.45, 7) is 0. The lowest BCUT2D eigenvalue weighted by Gasteiger charge is -1.87. The molecule has 0 atom stereocenters. The highest BCUT2D eigenvalue weighted by molar-refractivity contribution is 9.12. The largest absolute Gasteiger partial charge is 0.158 e. The molecule has 0 radical (unpaired) electrons. The number of nitrogens with zero attached hydrogens (tertiary/aromatic N) is 2. The Hall–Kier alpha value is 0.940. The molecular weight excluding hydrogens is 402 g/mol. The number of allylic oxidation sites excluding steroid dienone is 2. The van der Waals surface area contributed by atoms with Gasteiger partial charge in [-0.2, -0.15) is 10.2 Å². The summed E-state index contributed by atoms with van der Waals surface area (Å²) in [6.07, 6.45) is 2.66. The molecule has 0 fully saturated rings. The third-order valence-electron chi connectivity index (χ3n) is 0.770. The zero-order valence-corrected chi connectivity index (χ0v) is 12.5. The smallest absolute Gasteiger partial charge is 0.122 e. The summed E-state index contributed by atoms with van der Waals surface area (Å²) in [4.78, 5) is 0. The van der Waals surface area contributed by atoms with Gasteiger partial charge in [0.1, 0.15) is 8.98 Å². The van der Waals surface area contributed by atoms with Gasteiger partial charge in [-0.1, -0.05) is 46.4 Å². The van der Waals surface area contributed by atoms with Gasteiger partial charge in [-0.15, -0.1) is 0 Å². The molecule has 0 aromatic heterocycles. The Kier molecular flexibility index (Phi) is 8.68. The first-order chi connectivity index (χ1) is 6.45. The normalized spacial score (nSPS) is 11.0. The monoisotopic (exact) mass is 400 g/mol. The van der Waals surface area contributed by atoms with Crippen molar-refractivity contribution in [3.8, 4) is 0 Å². The molecule has 14 heavy (non-hydrogen) atoms. The molecule has 0 aliphatic rings. The van der Waals surface area contributed by atoms with Gasteiger partial charge >= 0.3 is 0 Å². The number of hydrogen-bond acceptors (Lipinski definition) is 2. The van der Waals surface area contributed by atoms with Gasteiger partial charge in [-0.3, -0.25) is 0 Å². The summed E-state index contributed by atoms with van der Waals surface area (Å²) in [7, 11) is 0. The van der Waals surface area contributed by atoms with E-state index in [9.17, 15) is 0 Å². The first-order valence-electron chi connectivity index (χ1n) is 2.93. The Morgan fingerprint density at radius 3 is 1.29 bits per heavy atom. The zero-order chi connectivity index (χ0) is 11.1. The molecular formula is C6H2Br2Cl4N2. The van der Waals surface area contributed by atoms with E-state index in [1.807, 2.05) is 0 Å². The number of halogens is 6. The van der Waals surface area contributed by atoms with E-state index < -0.39 is 0 Å². The van der Waals surface area contributed by atoms with Crippen LogP contribution >= 0.6 is 78.3 Å². The molecule has 0 bridgehead atoms. The third kappa shape index (κ3) is 7.26. The highest BCUT2D eigenvalue weighted by Crippen LogP contribution is 2.18. The summed E-state index contributed by atoms with van der Waals surface area (Å²) >= 11 is 27.8. The topological polar surface area (TPSA) is 24.7 Å². The predicted molar refractivity (Wildman–Crippen MR) is 72.3 cm³/mol. The molecule has 0 aromatic rings. The first kappa shape index (κ1) is 14.9.